The Bertz CT molecular complexity index is 542. The van der Waals surface area contributed by atoms with Crippen LogP contribution in [0.15, 0.2) is 23.1 Å². The van der Waals surface area contributed by atoms with Gasteiger partial charge in [-0.1, -0.05) is 0 Å². The van der Waals surface area contributed by atoms with Crippen molar-refractivity contribution in [3.05, 3.63) is 23.8 Å². The minimum atomic E-state index is -3.55. The lowest BCUT2D eigenvalue weighted by Gasteiger charge is -2.09. The van der Waals surface area contributed by atoms with Gasteiger partial charge in [0.1, 0.15) is 5.75 Å². The molecule has 0 saturated heterocycles. The van der Waals surface area contributed by atoms with Crippen molar-refractivity contribution in [3.63, 3.8) is 0 Å². The topological polar surface area (TPSA) is 86.5 Å². The summed E-state index contributed by atoms with van der Waals surface area (Å²) in [5.74, 6) is -1.51. The molecule has 94 valence electrons. The largest absolute Gasteiger partial charge is 0.434 e. The number of rotatable bonds is 4. The van der Waals surface area contributed by atoms with Gasteiger partial charge in [-0.25, -0.2) is 8.42 Å². The molecule has 0 bridgehead atoms. The van der Waals surface area contributed by atoms with Crippen LogP contribution in [-0.4, -0.2) is 27.2 Å². The molecule has 2 N–H and O–H groups in total. The Morgan fingerprint density at radius 1 is 1.41 bits per heavy atom. The molecule has 0 saturated carbocycles. The third-order valence-corrected chi connectivity index (χ3v) is 2.97. The number of nitrogens with two attached hydrogens (primary N) is 1. The van der Waals surface area contributed by atoms with Crippen molar-refractivity contribution in [2.24, 2.45) is 5.73 Å². The van der Waals surface area contributed by atoms with E-state index in [4.69, 9.17) is 5.73 Å². The minimum Gasteiger partial charge on any atom is -0.434 e. The summed E-state index contributed by atoms with van der Waals surface area (Å²) in [7, 11) is -3.55. The molecule has 1 rings (SSSR count). The number of sulfone groups is 1. The van der Waals surface area contributed by atoms with E-state index in [1.807, 2.05) is 0 Å². The number of hydrogen-bond acceptors (Lipinski definition) is 4. The van der Waals surface area contributed by atoms with Crippen LogP contribution in [0.25, 0.3) is 0 Å². The highest BCUT2D eigenvalue weighted by Gasteiger charge is 2.17. The van der Waals surface area contributed by atoms with Crippen LogP contribution in [0, 0.1) is 0 Å². The highest BCUT2D eigenvalue weighted by molar-refractivity contribution is 7.90. The number of halogens is 2. The summed E-state index contributed by atoms with van der Waals surface area (Å²) in [6.07, 6.45) is 0.917. The molecule has 0 radical (unpaired) electrons. The standard InChI is InChI=1S/C9H9F2NO4S/c1-17(14,15)5-2-3-7(16-9(10)11)6(4-5)8(12)13/h2-4,9H,1H3,(H2,12,13). The number of benzene rings is 1. The first kappa shape index (κ1) is 13.4. The molecular weight excluding hydrogens is 256 g/mol. The summed E-state index contributed by atoms with van der Waals surface area (Å²) in [6.45, 7) is -3.13. The number of alkyl halides is 2. The van der Waals surface area contributed by atoms with E-state index in [0.717, 1.165) is 24.5 Å². The Balaban J connectivity index is 3.32. The third kappa shape index (κ3) is 3.38. The van der Waals surface area contributed by atoms with Gasteiger partial charge >= 0.3 is 6.61 Å². The molecule has 0 spiro atoms. The maximum Gasteiger partial charge on any atom is 0.387 e. The van der Waals surface area contributed by atoms with Gasteiger partial charge in [-0.2, -0.15) is 8.78 Å². The number of ether oxygens (including phenoxy) is 1. The Morgan fingerprint density at radius 2 is 2.00 bits per heavy atom. The number of hydrogen-bond donors (Lipinski definition) is 1. The van der Waals surface area contributed by atoms with E-state index in [-0.39, 0.29) is 4.90 Å². The predicted octanol–water partition coefficient (Wildman–Crippen LogP) is 0.790. The van der Waals surface area contributed by atoms with E-state index in [1.165, 1.54) is 0 Å². The van der Waals surface area contributed by atoms with E-state index in [0.29, 0.717) is 0 Å². The second-order valence-electron chi connectivity index (χ2n) is 3.17. The molecule has 1 aromatic carbocycles. The molecule has 0 aliphatic carbocycles. The van der Waals surface area contributed by atoms with Crippen molar-refractivity contribution in [1.29, 1.82) is 0 Å². The molecule has 0 aliphatic rings. The number of primary amides is 1. The van der Waals surface area contributed by atoms with Gasteiger partial charge in [0.05, 0.1) is 10.5 Å². The van der Waals surface area contributed by atoms with Crippen molar-refractivity contribution in [2.45, 2.75) is 11.5 Å². The van der Waals surface area contributed by atoms with Gasteiger partial charge in [-0.3, -0.25) is 4.79 Å². The number of carbonyl (C=O) groups excluding carboxylic acids is 1. The summed E-state index contributed by atoms with van der Waals surface area (Å²) in [4.78, 5) is 10.8. The van der Waals surface area contributed by atoms with Crippen molar-refractivity contribution in [2.75, 3.05) is 6.26 Å². The Morgan fingerprint density at radius 3 is 2.41 bits per heavy atom. The molecule has 5 nitrogen and oxygen atoms in total. The van der Waals surface area contributed by atoms with Crippen LogP contribution in [-0.2, 0) is 9.84 Å². The zero-order valence-electron chi connectivity index (χ0n) is 8.68. The van der Waals surface area contributed by atoms with Crippen molar-refractivity contribution >= 4 is 15.7 Å². The lowest BCUT2D eigenvalue weighted by molar-refractivity contribution is -0.0501. The van der Waals surface area contributed by atoms with E-state index < -0.39 is 33.7 Å². The molecule has 17 heavy (non-hydrogen) atoms. The molecule has 0 aromatic heterocycles. The normalized spacial score (nSPS) is 11.5. The molecular formula is C9H9F2NO4S. The number of carbonyl (C=O) groups is 1. The van der Waals surface area contributed by atoms with E-state index in [1.54, 1.807) is 0 Å². The molecule has 0 heterocycles. The summed E-state index contributed by atoms with van der Waals surface area (Å²) in [6, 6.07) is 2.91. The van der Waals surface area contributed by atoms with Crippen LogP contribution >= 0.6 is 0 Å². The van der Waals surface area contributed by atoms with Gasteiger partial charge in [0.15, 0.2) is 9.84 Å². The fourth-order valence-electron chi connectivity index (χ4n) is 1.13. The van der Waals surface area contributed by atoms with Gasteiger partial charge < -0.3 is 10.5 Å². The van der Waals surface area contributed by atoms with Crippen molar-refractivity contribution in [3.8, 4) is 5.75 Å². The average Bonchev–Trinajstić information content (AvgIpc) is 2.15. The summed E-state index contributed by atoms with van der Waals surface area (Å²) in [5.41, 5.74) is 4.53. The highest BCUT2D eigenvalue weighted by atomic mass is 32.2. The molecule has 8 heteroatoms. The first-order chi connectivity index (χ1) is 7.71. The maximum absolute atomic E-state index is 12.0. The predicted molar refractivity (Wildman–Crippen MR) is 54.7 cm³/mol. The van der Waals surface area contributed by atoms with Gasteiger partial charge in [0.25, 0.3) is 5.91 Å². The second-order valence-corrected chi connectivity index (χ2v) is 5.19. The SMILES string of the molecule is CS(=O)(=O)c1ccc(OC(F)F)c(C(N)=O)c1. The lowest BCUT2D eigenvalue weighted by atomic mass is 10.2. The fourth-order valence-corrected chi connectivity index (χ4v) is 1.78. The van der Waals surface area contributed by atoms with Gasteiger partial charge in [0.2, 0.25) is 0 Å². The maximum atomic E-state index is 12.0. The van der Waals surface area contributed by atoms with Crippen LogP contribution in [0.2, 0.25) is 0 Å². The summed E-state index contributed by atoms with van der Waals surface area (Å²) < 4.78 is 50.5. The monoisotopic (exact) mass is 265 g/mol. The van der Waals surface area contributed by atoms with Crippen LogP contribution in [0.1, 0.15) is 10.4 Å². The first-order valence-electron chi connectivity index (χ1n) is 4.30. The smallest absolute Gasteiger partial charge is 0.387 e. The molecule has 1 aromatic rings. The quantitative estimate of drug-likeness (QED) is 0.872. The van der Waals surface area contributed by atoms with Crippen LogP contribution in [0.4, 0.5) is 8.78 Å². The minimum absolute atomic E-state index is 0.201. The van der Waals surface area contributed by atoms with Gasteiger partial charge in [-0.15, -0.1) is 0 Å². The lowest BCUT2D eigenvalue weighted by Crippen LogP contribution is -2.15. The molecule has 0 fully saturated rings. The van der Waals surface area contributed by atoms with E-state index in [9.17, 15) is 22.0 Å². The van der Waals surface area contributed by atoms with E-state index in [2.05, 4.69) is 4.74 Å². The van der Waals surface area contributed by atoms with Crippen LogP contribution < -0.4 is 10.5 Å². The van der Waals surface area contributed by atoms with Gasteiger partial charge in [-0.05, 0) is 18.2 Å². The fraction of sp³-hybridized carbons (Fsp3) is 0.222. The first-order valence-corrected chi connectivity index (χ1v) is 6.19. The average molecular weight is 265 g/mol. The second kappa shape index (κ2) is 4.66. The Kier molecular flexibility index (Phi) is 3.66. The molecule has 0 aliphatic heterocycles. The van der Waals surface area contributed by atoms with Crippen molar-refractivity contribution in [1.82, 2.24) is 0 Å². The van der Waals surface area contributed by atoms with Crippen molar-refractivity contribution < 1.29 is 26.7 Å². The number of amides is 1. The third-order valence-electron chi connectivity index (χ3n) is 1.86. The molecule has 0 unspecified atom stereocenters. The molecule has 0 atom stereocenters. The Hall–Kier alpha value is -1.70. The summed E-state index contributed by atoms with van der Waals surface area (Å²) >= 11 is 0. The zero-order valence-corrected chi connectivity index (χ0v) is 9.50. The highest BCUT2D eigenvalue weighted by Crippen LogP contribution is 2.23. The van der Waals surface area contributed by atoms with Gasteiger partial charge in [0, 0.05) is 6.26 Å². The summed E-state index contributed by atoms with van der Waals surface area (Å²) in [5, 5.41) is 0. The molecule has 1 amide bonds. The Labute approximate surface area is 96.1 Å². The van der Waals surface area contributed by atoms with Crippen LogP contribution in [0.5, 0.6) is 5.75 Å². The van der Waals surface area contributed by atoms with Crippen LogP contribution in [0.3, 0.4) is 0 Å². The zero-order chi connectivity index (χ0) is 13.2. The van der Waals surface area contributed by atoms with E-state index >= 15 is 0 Å².